The summed E-state index contributed by atoms with van der Waals surface area (Å²) >= 11 is 0. The van der Waals surface area contributed by atoms with Crippen molar-refractivity contribution in [2.75, 3.05) is 12.3 Å². The number of nitrogens with two attached hydrogens (primary N) is 1. The second-order valence-corrected chi connectivity index (χ2v) is 11.8. The molecule has 0 saturated heterocycles. The number of carbonyl (C=O) groups is 2. The van der Waals surface area contributed by atoms with Crippen LogP contribution in [0.4, 0.5) is 10.7 Å². The number of hydrogen-bond acceptors (Lipinski definition) is 8. The number of nitrogen functional groups attached to an aromatic ring is 1. The van der Waals surface area contributed by atoms with Gasteiger partial charge in [0.1, 0.15) is 18.7 Å². The number of H-pyrrole nitrogens is 1. The fourth-order valence-electron chi connectivity index (χ4n) is 6.47. The summed E-state index contributed by atoms with van der Waals surface area (Å²) in [6, 6.07) is 24.4. The largest absolute Gasteiger partial charge is 0.471 e. The molecule has 0 radical (unpaired) electrons. The van der Waals surface area contributed by atoms with Crippen LogP contribution in [-0.2, 0) is 22.7 Å². The smallest absolute Gasteiger partial charge is 0.407 e. The molecule has 11 nitrogen and oxygen atoms in total. The van der Waals surface area contributed by atoms with Gasteiger partial charge in [-0.25, -0.2) is 9.78 Å². The first-order valence-electron chi connectivity index (χ1n) is 15.6. The number of fused-ring (bicyclic) bond motifs is 4. The van der Waals surface area contributed by atoms with Gasteiger partial charge in [0.2, 0.25) is 17.7 Å². The van der Waals surface area contributed by atoms with Crippen LogP contribution in [0.15, 0.2) is 79.1 Å². The molecule has 7 rings (SSSR count). The third-order valence-corrected chi connectivity index (χ3v) is 8.90. The van der Waals surface area contributed by atoms with Crippen LogP contribution in [0.25, 0.3) is 22.3 Å². The van der Waals surface area contributed by atoms with E-state index < -0.39 is 6.09 Å². The van der Waals surface area contributed by atoms with Gasteiger partial charge in [-0.3, -0.25) is 4.79 Å². The minimum absolute atomic E-state index is 0.00221. The molecule has 0 aliphatic heterocycles. The lowest BCUT2D eigenvalue weighted by Gasteiger charge is -2.28. The maximum absolute atomic E-state index is 12.9. The topological polar surface area (TPSA) is 157 Å². The molecule has 11 heteroatoms. The molecule has 2 heterocycles. The number of carbonyl (C=O) groups excluding carboxylic acids is 2. The second-order valence-electron chi connectivity index (χ2n) is 11.8. The molecule has 5 N–H and O–H groups in total. The monoisotopic (exact) mass is 617 g/mol. The van der Waals surface area contributed by atoms with Crippen LogP contribution in [0.5, 0.6) is 5.88 Å². The number of nitrogens with one attached hydrogen (secondary N) is 3. The molecule has 3 aromatic carbocycles. The lowest BCUT2D eigenvalue weighted by molar-refractivity contribution is -0.126. The van der Waals surface area contributed by atoms with E-state index in [0.717, 1.165) is 24.0 Å². The first kappa shape index (κ1) is 29.3. The number of anilines is 1. The van der Waals surface area contributed by atoms with E-state index in [4.69, 9.17) is 15.2 Å². The van der Waals surface area contributed by atoms with Gasteiger partial charge in [-0.1, -0.05) is 72.8 Å². The van der Waals surface area contributed by atoms with Gasteiger partial charge in [0.05, 0.1) is 6.33 Å². The van der Waals surface area contributed by atoms with Gasteiger partial charge in [0.15, 0.2) is 5.65 Å². The molecule has 1 fully saturated rings. The van der Waals surface area contributed by atoms with E-state index in [1.165, 1.54) is 28.6 Å². The van der Waals surface area contributed by atoms with Gasteiger partial charge in [-0.2, -0.15) is 9.97 Å². The maximum Gasteiger partial charge on any atom is 0.407 e. The van der Waals surface area contributed by atoms with E-state index in [0.29, 0.717) is 43.0 Å². The van der Waals surface area contributed by atoms with Crippen molar-refractivity contribution in [2.45, 2.75) is 50.8 Å². The van der Waals surface area contributed by atoms with E-state index in [2.05, 4.69) is 54.8 Å². The molecule has 5 aromatic rings. The number of aromatic nitrogens is 4. The molecule has 2 aliphatic carbocycles. The summed E-state index contributed by atoms with van der Waals surface area (Å²) in [7, 11) is 0. The van der Waals surface area contributed by atoms with E-state index in [1.54, 1.807) is 0 Å². The van der Waals surface area contributed by atoms with Crippen LogP contribution in [-0.4, -0.2) is 44.6 Å². The van der Waals surface area contributed by atoms with Crippen LogP contribution in [0.1, 0.15) is 53.9 Å². The number of nitrogens with zero attached hydrogens (tertiary/aromatic N) is 3. The molecule has 0 atom stereocenters. The van der Waals surface area contributed by atoms with Crippen molar-refractivity contribution in [2.24, 2.45) is 5.92 Å². The van der Waals surface area contributed by atoms with Gasteiger partial charge in [-0.05, 0) is 59.1 Å². The first-order valence-corrected chi connectivity index (χ1v) is 15.6. The van der Waals surface area contributed by atoms with Gasteiger partial charge >= 0.3 is 6.09 Å². The Morgan fingerprint density at radius 1 is 0.870 bits per heavy atom. The number of amides is 2. The Morgan fingerprint density at radius 2 is 1.54 bits per heavy atom. The summed E-state index contributed by atoms with van der Waals surface area (Å²) in [5.41, 5.74) is 13.5. The number of imidazole rings is 1. The standard InChI is InChI=1S/C35H35N7O4/c36-34-41-31-30(38-20-39-31)33(42-34)45-18-22-11-9-21(10-12-22)17-37-32(43)23-13-15-24(16-14-23)40-35(44)46-19-29-27-7-3-1-5-25(27)26-6-2-4-8-28(26)29/h1-12,20,23-24,29H,13-19H2,(H,37,43)(H,40,44)(H3,36,38,39,41,42). The zero-order valence-electron chi connectivity index (χ0n) is 25.2. The predicted molar refractivity (Wildman–Crippen MR) is 173 cm³/mol. The van der Waals surface area contributed by atoms with Gasteiger partial charge in [0, 0.05) is 24.4 Å². The minimum Gasteiger partial charge on any atom is -0.471 e. The van der Waals surface area contributed by atoms with Crippen molar-refractivity contribution in [3.05, 3.63) is 101 Å². The zero-order valence-corrected chi connectivity index (χ0v) is 25.2. The average Bonchev–Trinajstić information content (AvgIpc) is 3.68. The minimum atomic E-state index is -0.403. The number of hydrogen-bond donors (Lipinski definition) is 4. The molecule has 234 valence electrons. The normalized spacial score (nSPS) is 17.2. The van der Waals surface area contributed by atoms with Crippen LogP contribution in [0.3, 0.4) is 0 Å². The highest BCUT2D eigenvalue weighted by Crippen LogP contribution is 2.44. The zero-order chi connectivity index (χ0) is 31.5. The third-order valence-electron chi connectivity index (χ3n) is 8.90. The molecule has 46 heavy (non-hydrogen) atoms. The van der Waals surface area contributed by atoms with Crippen molar-refractivity contribution in [3.63, 3.8) is 0 Å². The summed E-state index contributed by atoms with van der Waals surface area (Å²) in [5, 5.41) is 6.09. The number of benzene rings is 3. The van der Waals surface area contributed by atoms with Crippen LogP contribution < -0.4 is 21.1 Å². The van der Waals surface area contributed by atoms with Crippen molar-refractivity contribution >= 4 is 29.1 Å². The Morgan fingerprint density at radius 3 is 2.26 bits per heavy atom. The van der Waals surface area contributed by atoms with E-state index in [-0.39, 0.29) is 36.3 Å². The van der Waals surface area contributed by atoms with E-state index >= 15 is 0 Å². The summed E-state index contributed by atoms with van der Waals surface area (Å²) in [4.78, 5) is 40.9. The third kappa shape index (κ3) is 6.21. The fraction of sp³-hybridized carbons (Fsp3) is 0.286. The molecule has 1 saturated carbocycles. The number of alkyl carbamates (subject to hydrolysis) is 1. The molecule has 0 spiro atoms. The second kappa shape index (κ2) is 12.9. The molecule has 2 amide bonds. The number of aromatic amines is 1. The molecule has 0 unspecified atom stereocenters. The Labute approximate surface area is 266 Å². The summed E-state index contributed by atoms with van der Waals surface area (Å²) in [6.07, 6.45) is 4.02. The predicted octanol–water partition coefficient (Wildman–Crippen LogP) is 5.23. The number of ether oxygens (including phenoxy) is 2. The van der Waals surface area contributed by atoms with Crippen LogP contribution in [0, 0.1) is 5.92 Å². The average molecular weight is 618 g/mol. The SMILES string of the molecule is Nc1nc(OCc2ccc(CNC(=O)C3CCC(NC(=O)OCC4c5ccccc5-c5ccccc54)CC3)cc2)c2[nH]cnc2n1. The molecule has 0 bridgehead atoms. The van der Waals surface area contributed by atoms with Crippen molar-refractivity contribution in [3.8, 4) is 17.0 Å². The Balaban J connectivity index is 0.833. The summed E-state index contributed by atoms with van der Waals surface area (Å²) in [5.74, 6) is 0.436. The van der Waals surface area contributed by atoms with Crippen LogP contribution >= 0.6 is 0 Å². The van der Waals surface area contributed by atoms with Crippen molar-refractivity contribution in [1.82, 2.24) is 30.6 Å². The fourth-order valence-corrected chi connectivity index (χ4v) is 6.47. The number of rotatable bonds is 9. The van der Waals surface area contributed by atoms with E-state index in [9.17, 15) is 9.59 Å². The van der Waals surface area contributed by atoms with E-state index in [1.807, 2.05) is 48.5 Å². The summed E-state index contributed by atoms with van der Waals surface area (Å²) < 4.78 is 11.6. The highest BCUT2D eigenvalue weighted by atomic mass is 16.5. The van der Waals surface area contributed by atoms with Crippen molar-refractivity contribution in [1.29, 1.82) is 0 Å². The lowest BCUT2D eigenvalue weighted by atomic mass is 9.85. The summed E-state index contributed by atoms with van der Waals surface area (Å²) in [6.45, 7) is 1.02. The molecular weight excluding hydrogens is 582 g/mol. The van der Waals surface area contributed by atoms with Gasteiger partial charge in [0.25, 0.3) is 0 Å². The highest BCUT2D eigenvalue weighted by Gasteiger charge is 2.30. The van der Waals surface area contributed by atoms with Gasteiger partial charge in [-0.15, -0.1) is 0 Å². The Bertz CT molecular complexity index is 1820. The van der Waals surface area contributed by atoms with Gasteiger partial charge < -0.3 is 30.8 Å². The molecule has 2 aliphatic rings. The highest BCUT2D eigenvalue weighted by molar-refractivity contribution is 5.80. The Hall–Kier alpha value is -5.45. The Kier molecular flexibility index (Phi) is 8.20. The molecule has 2 aromatic heterocycles. The lowest BCUT2D eigenvalue weighted by Crippen LogP contribution is -2.41. The quantitative estimate of drug-likeness (QED) is 0.175. The van der Waals surface area contributed by atoms with Crippen molar-refractivity contribution < 1.29 is 19.1 Å². The molecular formula is C35H35N7O4. The first-order chi connectivity index (χ1) is 22.5. The maximum atomic E-state index is 12.9. The van der Waals surface area contributed by atoms with Crippen LogP contribution in [0.2, 0.25) is 0 Å².